The number of aliphatic hydroxyl groups excluding tert-OH is 5. The van der Waals surface area contributed by atoms with Crippen LogP contribution in [0.1, 0.15) is 12.8 Å². The van der Waals surface area contributed by atoms with E-state index in [2.05, 4.69) is 21.1 Å². The molecule has 0 heterocycles. The predicted octanol–water partition coefficient (Wildman–Crippen LogP) is -4.21. The smallest absolute Gasteiger partial charge is 0.221 e. The van der Waals surface area contributed by atoms with Crippen LogP contribution in [0.25, 0.3) is 0 Å². The van der Waals surface area contributed by atoms with Gasteiger partial charge in [-0.15, -0.1) is 0 Å². The molecular formula is C14H28N4O8. The first kappa shape index (κ1) is 24.3. The van der Waals surface area contributed by atoms with Gasteiger partial charge in [0.2, 0.25) is 11.8 Å². The van der Waals surface area contributed by atoms with Crippen molar-refractivity contribution in [2.75, 3.05) is 52.7 Å². The average Bonchev–Trinajstić information content (AvgIpc) is 2.65. The number of nitrogens with zero attached hydrogens (tertiary/aromatic N) is 1. The zero-order valence-corrected chi connectivity index (χ0v) is 14.5. The summed E-state index contributed by atoms with van der Waals surface area (Å²) in [5.74, 6) is -1.02. The van der Waals surface area contributed by atoms with Gasteiger partial charge in [-0.1, -0.05) is 5.18 Å². The highest BCUT2D eigenvalue weighted by molar-refractivity contribution is 5.77. The van der Waals surface area contributed by atoms with Crippen LogP contribution in [0.5, 0.6) is 0 Å². The minimum absolute atomic E-state index is 0.0182. The Morgan fingerprint density at radius 2 is 1.12 bits per heavy atom. The number of hydrogen-bond acceptors (Lipinski definition) is 10. The van der Waals surface area contributed by atoms with Gasteiger partial charge in [0, 0.05) is 25.9 Å². The molecule has 0 radical (unpaired) electrons. The predicted molar refractivity (Wildman–Crippen MR) is 89.9 cm³/mol. The molecule has 0 aliphatic carbocycles. The summed E-state index contributed by atoms with van der Waals surface area (Å²) in [6.45, 7) is -3.23. The fraction of sp³-hybridized carbons (Fsp3) is 0.857. The van der Waals surface area contributed by atoms with Crippen LogP contribution in [0.4, 0.5) is 0 Å². The number of aliphatic hydroxyl groups is 5. The quantitative estimate of drug-likeness (QED) is 0.102. The van der Waals surface area contributed by atoms with Crippen LogP contribution in [-0.4, -0.2) is 101 Å². The molecule has 0 saturated heterocycles. The van der Waals surface area contributed by atoms with Gasteiger partial charge >= 0.3 is 0 Å². The highest BCUT2D eigenvalue weighted by Gasteiger charge is 2.31. The molecule has 0 saturated carbocycles. The summed E-state index contributed by atoms with van der Waals surface area (Å²) in [4.78, 5) is 33.8. The molecule has 152 valence electrons. The zero-order chi connectivity index (χ0) is 20.1. The largest absolute Gasteiger partial charge is 0.394 e. The van der Waals surface area contributed by atoms with Crippen molar-refractivity contribution in [2.45, 2.75) is 23.9 Å². The summed E-state index contributed by atoms with van der Waals surface area (Å²) in [7, 11) is 0. The number of nitroso groups, excluding NO2 is 1. The van der Waals surface area contributed by atoms with Crippen LogP contribution in [0.2, 0.25) is 0 Å². The Kier molecular flexibility index (Phi) is 11.8. The number of carbonyl (C=O) groups is 2. The first-order valence-corrected chi connectivity index (χ1v) is 8.02. The molecule has 0 aliphatic heterocycles. The minimum atomic E-state index is -1.50. The van der Waals surface area contributed by atoms with Crippen LogP contribution in [0, 0.1) is 4.91 Å². The standard InChI is InChI=1S/C14H28N4O8/c19-6-13(7-20,5-16-26)17-11(24)1-3-15-4-2-12(25)18-14(8-21,9-22)10-23/h15,19-23H,1-10H2,(H,17,24)(H,18,25). The minimum Gasteiger partial charge on any atom is -0.394 e. The first-order chi connectivity index (χ1) is 12.4. The van der Waals surface area contributed by atoms with Crippen molar-refractivity contribution in [1.82, 2.24) is 16.0 Å². The summed E-state index contributed by atoms with van der Waals surface area (Å²) >= 11 is 0. The summed E-state index contributed by atoms with van der Waals surface area (Å²) < 4.78 is 0. The Bertz CT molecular complexity index is 432. The second-order valence-electron chi connectivity index (χ2n) is 5.98. The van der Waals surface area contributed by atoms with E-state index in [9.17, 15) is 24.7 Å². The van der Waals surface area contributed by atoms with Crippen LogP contribution in [0.3, 0.4) is 0 Å². The molecule has 8 N–H and O–H groups in total. The molecule has 0 bridgehead atoms. The highest BCUT2D eigenvalue weighted by atomic mass is 16.3. The fourth-order valence-corrected chi connectivity index (χ4v) is 1.91. The normalized spacial score (nSPS) is 11.9. The topological polar surface area (TPSA) is 201 Å². The molecule has 12 heteroatoms. The molecule has 0 rings (SSSR count). The zero-order valence-electron chi connectivity index (χ0n) is 14.5. The third-order valence-corrected chi connectivity index (χ3v) is 3.75. The van der Waals surface area contributed by atoms with E-state index in [0.29, 0.717) is 0 Å². The number of carbonyl (C=O) groups excluding carboxylic acids is 2. The molecular weight excluding hydrogens is 352 g/mol. The first-order valence-electron chi connectivity index (χ1n) is 8.02. The lowest BCUT2D eigenvalue weighted by Gasteiger charge is -2.28. The van der Waals surface area contributed by atoms with Gasteiger partial charge in [0.1, 0.15) is 17.6 Å². The summed E-state index contributed by atoms with van der Waals surface area (Å²) in [5, 5.41) is 55.8. The monoisotopic (exact) mass is 380 g/mol. The molecule has 0 aliphatic rings. The van der Waals surface area contributed by atoms with Crippen molar-refractivity contribution in [2.24, 2.45) is 5.18 Å². The van der Waals surface area contributed by atoms with Crippen molar-refractivity contribution in [3.63, 3.8) is 0 Å². The third kappa shape index (κ3) is 8.12. The van der Waals surface area contributed by atoms with E-state index in [1.807, 2.05) is 0 Å². The number of nitrogens with one attached hydrogen (secondary N) is 3. The van der Waals surface area contributed by atoms with E-state index in [-0.39, 0.29) is 25.9 Å². The molecule has 12 nitrogen and oxygen atoms in total. The molecule has 2 amide bonds. The van der Waals surface area contributed by atoms with Crippen LogP contribution in [-0.2, 0) is 9.59 Å². The Labute approximate surface area is 150 Å². The molecule has 0 unspecified atom stereocenters. The maximum Gasteiger partial charge on any atom is 0.221 e. The van der Waals surface area contributed by atoms with E-state index in [1.54, 1.807) is 0 Å². The Hall–Kier alpha value is -1.70. The average molecular weight is 380 g/mol. The number of rotatable bonds is 15. The number of amides is 2. The van der Waals surface area contributed by atoms with Crippen LogP contribution >= 0.6 is 0 Å². The van der Waals surface area contributed by atoms with Gasteiger partial charge in [0.25, 0.3) is 0 Å². The fourth-order valence-electron chi connectivity index (χ4n) is 1.91. The van der Waals surface area contributed by atoms with Crippen molar-refractivity contribution >= 4 is 11.8 Å². The SMILES string of the molecule is O=NCC(CO)(CO)NC(=O)CCNCCC(=O)NC(CO)(CO)CO. The van der Waals surface area contributed by atoms with E-state index in [4.69, 9.17) is 15.3 Å². The third-order valence-electron chi connectivity index (χ3n) is 3.75. The van der Waals surface area contributed by atoms with Crippen molar-refractivity contribution in [3.8, 4) is 0 Å². The molecule has 0 spiro atoms. The molecule has 0 fully saturated rings. The van der Waals surface area contributed by atoms with Gasteiger partial charge < -0.3 is 41.5 Å². The molecule has 0 aromatic heterocycles. The number of hydrogen-bond donors (Lipinski definition) is 8. The molecule has 0 atom stereocenters. The Morgan fingerprint density at radius 1 is 0.731 bits per heavy atom. The molecule has 26 heavy (non-hydrogen) atoms. The molecule has 0 aromatic carbocycles. The van der Waals surface area contributed by atoms with Gasteiger partial charge in [-0.2, -0.15) is 4.91 Å². The lowest BCUT2D eigenvalue weighted by atomic mass is 10.0. The summed E-state index contributed by atoms with van der Waals surface area (Å²) in [5.41, 5.74) is -2.98. The maximum atomic E-state index is 11.8. The van der Waals surface area contributed by atoms with E-state index >= 15 is 0 Å². The van der Waals surface area contributed by atoms with Crippen molar-refractivity contribution in [1.29, 1.82) is 0 Å². The van der Waals surface area contributed by atoms with Gasteiger partial charge in [-0.05, 0) is 0 Å². The van der Waals surface area contributed by atoms with Crippen LogP contribution in [0.15, 0.2) is 5.18 Å². The molecule has 0 aromatic rings. The van der Waals surface area contributed by atoms with Crippen molar-refractivity contribution in [3.05, 3.63) is 4.91 Å². The van der Waals surface area contributed by atoms with E-state index in [0.717, 1.165) is 0 Å². The summed E-state index contributed by atoms with van der Waals surface area (Å²) in [6.07, 6.45) is -0.0499. The summed E-state index contributed by atoms with van der Waals surface area (Å²) in [6, 6.07) is 0. The Balaban J connectivity index is 4.14. The second kappa shape index (κ2) is 12.6. The van der Waals surface area contributed by atoms with E-state index < -0.39 is 62.5 Å². The second-order valence-corrected chi connectivity index (χ2v) is 5.98. The van der Waals surface area contributed by atoms with Gasteiger partial charge in [0.15, 0.2) is 0 Å². The highest BCUT2D eigenvalue weighted by Crippen LogP contribution is 2.04. The Morgan fingerprint density at radius 3 is 1.46 bits per heavy atom. The lowest BCUT2D eigenvalue weighted by molar-refractivity contribution is -0.125. The van der Waals surface area contributed by atoms with Gasteiger partial charge in [0.05, 0.1) is 33.0 Å². The van der Waals surface area contributed by atoms with E-state index in [1.165, 1.54) is 0 Å². The van der Waals surface area contributed by atoms with Crippen molar-refractivity contribution < 1.29 is 35.1 Å². The lowest BCUT2D eigenvalue weighted by Crippen LogP contribution is -2.57. The van der Waals surface area contributed by atoms with Crippen LogP contribution < -0.4 is 16.0 Å². The maximum absolute atomic E-state index is 11.8. The van der Waals surface area contributed by atoms with Gasteiger partial charge in [-0.3, -0.25) is 9.59 Å². The van der Waals surface area contributed by atoms with Gasteiger partial charge in [-0.25, -0.2) is 0 Å².